The van der Waals surface area contributed by atoms with Crippen molar-refractivity contribution >= 4 is 17.3 Å². The van der Waals surface area contributed by atoms with Gasteiger partial charge in [0.05, 0.1) is 10.5 Å². The van der Waals surface area contributed by atoms with E-state index in [1.54, 1.807) is 6.07 Å². The number of carbonyl (C=O) groups is 1. The number of hydrogen-bond donors (Lipinski definition) is 2. The van der Waals surface area contributed by atoms with Gasteiger partial charge in [-0.1, -0.05) is 6.07 Å². The van der Waals surface area contributed by atoms with E-state index in [0.717, 1.165) is 32.4 Å². The normalized spacial score (nSPS) is 24.7. The Morgan fingerprint density at radius 2 is 2.10 bits per heavy atom. The maximum atomic E-state index is 12.8. The molecule has 1 aromatic carbocycles. The molecule has 3 rings (SSSR count). The van der Waals surface area contributed by atoms with Gasteiger partial charge in [-0.05, 0) is 31.9 Å². The molecule has 1 amide bonds. The van der Waals surface area contributed by atoms with Crippen LogP contribution in [0.2, 0.25) is 0 Å². The minimum atomic E-state index is -0.551. The monoisotopic (exact) mass is 290 g/mol. The first-order valence-corrected chi connectivity index (χ1v) is 7.16. The van der Waals surface area contributed by atoms with Crippen LogP contribution in [0.4, 0.5) is 11.4 Å². The van der Waals surface area contributed by atoms with Gasteiger partial charge in [0, 0.05) is 24.7 Å². The Balaban J connectivity index is 1.95. The molecule has 7 nitrogen and oxygen atoms in total. The minimum absolute atomic E-state index is 0.0379. The van der Waals surface area contributed by atoms with Gasteiger partial charge in [-0.3, -0.25) is 14.9 Å². The summed E-state index contributed by atoms with van der Waals surface area (Å²) in [5, 5.41) is 14.3. The largest absolute Gasteiger partial charge is 0.393 e. The van der Waals surface area contributed by atoms with Crippen molar-refractivity contribution in [3.8, 4) is 0 Å². The maximum Gasteiger partial charge on any atom is 0.292 e. The molecule has 2 heterocycles. The van der Waals surface area contributed by atoms with E-state index < -0.39 is 4.92 Å². The van der Waals surface area contributed by atoms with Gasteiger partial charge >= 0.3 is 0 Å². The van der Waals surface area contributed by atoms with E-state index in [9.17, 15) is 14.9 Å². The number of nitrogen functional groups attached to an aromatic ring is 1. The highest BCUT2D eigenvalue weighted by Gasteiger charge is 2.39. The molecule has 2 bridgehead atoms. The van der Waals surface area contributed by atoms with Crippen molar-refractivity contribution in [1.29, 1.82) is 0 Å². The molecule has 0 aromatic heterocycles. The Bertz CT molecular complexity index is 576. The van der Waals surface area contributed by atoms with E-state index in [-0.39, 0.29) is 34.9 Å². The smallest absolute Gasteiger partial charge is 0.292 e. The number of para-hydroxylation sites is 1. The highest BCUT2D eigenvalue weighted by atomic mass is 16.6. The number of fused-ring (bicyclic) bond motifs is 2. The summed E-state index contributed by atoms with van der Waals surface area (Å²) in [5.74, 6) is -0.188. The quantitative estimate of drug-likeness (QED) is 0.483. The molecule has 0 radical (unpaired) electrons. The molecule has 2 aliphatic rings. The molecule has 0 spiro atoms. The Kier molecular flexibility index (Phi) is 3.50. The zero-order valence-corrected chi connectivity index (χ0v) is 11.6. The van der Waals surface area contributed by atoms with Crippen LogP contribution in [0.15, 0.2) is 18.2 Å². The molecule has 0 aliphatic carbocycles. The predicted molar refractivity (Wildman–Crippen MR) is 78.0 cm³/mol. The van der Waals surface area contributed by atoms with E-state index in [0.29, 0.717) is 0 Å². The van der Waals surface area contributed by atoms with Crippen LogP contribution in [0, 0.1) is 10.1 Å². The average Bonchev–Trinajstić information content (AvgIpc) is 2.71. The second kappa shape index (κ2) is 5.33. The number of anilines is 1. The van der Waals surface area contributed by atoms with Crippen molar-refractivity contribution in [2.24, 2.45) is 0 Å². The molecule has 2 aliphatic heterocycles. The van der Waals surface area contributed by atoms with Crippen LogP contribution >= 0.6 is 0 Å². The van der Waals surface area contributed by atoms with Gasteiger partial charge in [-0.15, -0.1) is 0 Å². The van der Waals surface area contributed by atoms with Crippen molar-refractivity contribution < 1.29 is 9.72 Å². The van der Waals surface area contributed by atoms with Crippen LogP contribution in [0.1, 0.15) is 29.6 Å². The molecular formula is C14H18N4O3. The number of benzene rings is 1. The minimum Gasteiger partial charge on any atom is -0.393 e. The van der Waals surface area contributed by atoms with Crippen molar-refractivity contribution in [2.75, 3.05) is 18.8 Å². The molecule has 112 valence electrons. The summed E-state index contributed by atoms with van der Waals surface area (Å²) in [5.41, 5.74) is 5.83. The first kappa shape index (κ1) is 13.8. The lowest BCUT2D eigenvalue weighted by Crippen LogP contribution is -2.42. The van der Waals surface area contributed by atoms with Gasteiger partial charge in [-0.25, -0.2) is 0 Å². The summed E-state index contributed by atoms with van der Waals surface area (Å²) >= 11 is 0. The summed E-state index contributed by atoms with van der Waals surface area (Å²) in [7, 11) is 0. The van der Waals surface area contributed by atoms with Gasteiger partial charge in [0.15, 0.2) is 0 Å². The molecule has 21 heavy (non-hydrogen) atoms. The fraction of sp³-hybridized carbons (Fsp3) is 0.500. The second-order valence-corrected chi connectivity index (χ2v) is 5.59. The maximum absolute atomic E-state index is 12.8. The van der Waals surface area contributed by atoms with Crippen molar-refractivity contribution in [3.63, 3.8) is 0 Å². The predicted octanol–water partition coefficient (Wildman–Crippen LogP) is 1.14. The van der Waals surface area contributed by atoms with Crippen LogP contribution < -0.4 is 11.1 Å². The number of nitrogens with one attached hydrogen (secondary N) is 1. The van der Waals surface area contributed by atoms with Crippen molar-refractivity contribution in [2.45, 2.75) is 31.3 Å². The first-order valence-electron chi connectivity index (χ1n) is 7.16. The average molecular weight is 290 g/mol. The Hall–Kier alpha value is -2.15. The number of rotatable bonds is 2. The molecule has 1 aromatic rings. The number of nitrogens with zero attached hydrogens (tertiary/aromatic N) is 2. The number of carbonyl (C=O) groups excluding carboxylic acids is 1. The Labute approximate surface area is 122 Å². The van der Waals surface area contributed by atoms with Crippen LogP contribution in [-0.2, 0) is 0 Å². The third-order valence-corrected chi connectivity index (χ3v) is 4.40. The van der Waals surface area contributed by atoms with Gasteiger partial charge < -0.3 is 16.0 Å². The van der Waals surface area contributed by atoms with E-state index in [2.05, 4.69) is 5.32 Å². The molecule has 2 atom stereocenters. The first-order chi connectivity index (χ1) is 10.1. The lowest BCUT2D eigenvalue weighted by molar-refractivity contribution is -0.383. The summed E-state index contributed by atoms with van der Waals surface area (Å²) in [6.45, 7) is 1.67. The number of nitrogens with two attached hydrogens (primary N) is 1. The third-order valence-electron chi connectivity index (χ3n) is 4.40. The van der Waals surface area contributed by atoms with Crippen molar-refractivity contribution in [3.05, 3.63) is 33.9 Å². The topological polar surface area (TPSA) is 102 Å². The molecule has 3 N–H and O–H groups in total. The third kappa shape index (κ3) is 2.33. The van der Waals surface area contributed by atoms with E-state index in [4.69, 9.17) is 5.73 Å². The lowest BCUT2D eigenvalue weighted by atomic mass is 10.1. The number of hydrogen-bond acceptors (Lipinski definition) is 5. The van der Waals surface area contributed by atoms with Gasteiger partial charge in [0.25, 0.3) is 11.6 Å². The zero-order valence-electron chi connectivity index (χ0n) is 11.6. The summed E-state index contributed by atoms with van der Waals surface area (Å²) in [6.07, 6.45) is 2.88. The van der Waals surface area contributed by atoms with E-state index in [1.165, 1.54) is 12.1 Å². The number of nitro groups is 1. The lowest BCUT2D eigenvalue weighted by Gasteiger charge is -2.28. The molecular weight excluding hydrogens is 272 g/mol. The SMILES string of the molecule is Nc1c(C(=O)N2C3CCNCC2CC3)cccc1[N+](=O)[O-]. The fourth-order valence-corrected chi connectivity index (χ4v) is 3.35. The van der Waals surface area contributed by atoms with Gasteiger partial charge in [0.2, 0.25) is 0 Å². The van der Waals surface area contributed by atoms with E-state index in [1.807, 2.05) is 4.90 Å². The summed E-state index contributed by atoms with van der Waals surface area (Å²) < 4.78 is 0. The summed E-state index contributed by atoms with van der Waals surface area (Å²) in [4.78, 5) is 25.1. The van der Waals surface area contributed by atoms with Crippen LogP contribution in [0.5, 0.6) is 0 Å². The van der Waals surface area contributed by atoms with E-state index >= 15 is 0 Å². The number of amides is 1. The van der Waals surface area contributed by atoms with Gasteiger partial charge in [0.1, 0.15) is 5.69 Å². The fourth-order valence-electron chi connectivity index (χ4n) is 3.35. The standard InChI is InChI=1S/C14H18N4O3/c15-13-11(2-1-3-12(13)18(20)21)14(19)17-9-4-5-10(17)8-16-7-6-9/h1-3,9-10,16H,4-8,15H2. The molecule has 0 saturated carbocycles. The molecule has 2 unspecified atom stereocenters. The number of nitro benzene ring substituents is 1. The Morgan fingerprint density at radius 3 is 2.86 bits per heavy atom. The van der Waals surface area contributed by atoms with Crippen molar-refractivity contribution in [1.82, 2.24) is 10.2 Å². The zero-order chi connectivity index (χ0) is 15.0. The van der Waals surface area contributed by atoms with Crippen LogP contribution in [-0.4, -0.2) is 40.9 Å². The highest BCUT2D eigenvalue weighted by Crippen LogP contribution is 2.32. The van der Waals surface area contributed by atoms with Crippen LogP contribution in [0.25, 0.3) is 0 Å². The highest BCUT2D eigenvalue weighted by molar-refractivity contribution is 6.01. The molecule has 2 fully saturated rings. The van der Waals surface area contributed by atoms with Crippen LogP contribution in [0.3, 0.4) is 0 Å². The molecule has 7 heteroatoms. The summed E-state index contributed by atoms with van der Waals surface area (Å²) in [6, 6.07) is 4.77. The molecule has 2 saturated heterocycles. The second-order valence-electron chi connectivity index (χ2n) is 5.59. The van der Waals surface area contributed by atoms with Gasteiger partial charge in [-0.2, -0.15) is 0 Å². The Morgan fingerprint density at radius 1 is 1.33 bits per heavy atom.